The molecular formula is C27H52N6O2. The molecule has 0 unspecified atom stereocenters. The van der Waals surface area contributed by atoms with Gasteiger partial charge in [-0.3, -0.25) is 0 Å². The number of hydrogen-bond donors (Lipinski definition) is 7. The van der Waals surface area contributed by atoms with Gasteiger partial charge in [-0.2, -0.15) is 0 Å². The van der Waals surface area contributed by atoms with Crippen LogP contribution in [0.25, 0.3) is 6.08 Å². The Kier molecular flexibility index (Phi) is 23.7. The van der Waals surface area contributed by atoms with Crippen LogP contribution in [0.3, 0.4) is 0 Å². The normalized spacial score (nSPS) is 11.8. The highest BCUT2D eigenvalue weighted by Gasteiger charge is 2.10. The second-order valence-corrected chi connectivity index (χ2v) is 8.51. The molecule has 1 aromatic carbocycles. The molecule has 8 N–H and O–H groups in total. The van der Waals surface area contributed by atoms with Gasteiger partial charge in [-0.05, 0) is 116 Å². The number of nitrogens with one attached hydrogen (secondary N) is 5. The number of carbonyl (C=O) groups is 1. The van der Waals surface area contributed by atoms with Crippen LogP contribution >= 0.6 is 0 Å². The summed E-state index contributed by atoms with van der Waals surface area (Å²) in [7, 11) is 2.00. The van der Waals surface area contributed by atoms with Crippen LogP contribution in [0.2, 0.25) is 0 Å². The first-order valence-electron chi connectivity index (χ1n) is 13.2. The quantitative estimate of drug-likeness (QED) is 0.156. The van der Waals surface area contributed by atoms with E-state index in [-0.39, 0.29) is 0 Å². The lowest BCUT2D eigenvalue weighted by atomic mass is 10.0. The Labute approximate surface area is 213 Å². The summed E-state index contributed by atoms with van der Waals surface area (Å²) in [5.41, 5.74) is 8.70. The highest BCUT2D eigenvalue weighted by molar-refractivity contribution is 5.76. The van der Waals surface area contributed by atoms with Gasteiger partial charge in [-0.1, -0.05) is 25.0 Å². The second-order valence-electron chi connectivity index (χ2n) is 8.51. The Hall–Kier alpha value is -1.97. The molecule has 0 aliphatic carbocycles. The number of carbonyl (C=O) groups excluding carboxylic acids is 1. The fraction of sp³-hybridized carbons (Fsp3) is 0.667. The molecule has 8 heteroatoms. The van der Waals surface area contributed by atoms with E-state index in [0.29, 0.717) is 5.75 Å². The lowest BCUT2D eigenvalue weighted by molar-refractivity contribution is -0.0979. The largest absolute Gasteiger partial charge is 0.507 e. The highest BCUT2D eigenvalue weighted by Crippen LogP contribution is 2.31. The van der Waals surface area contributed by atoms with E-state index in [4.69, 9.17) is 10.5 Å². The Morgan fingerprint density at radius 1 is 0.886 bits per heavy atom. The summed E-state index contributed by atoms with van der Waals surface area (Å²) in [4.78, 5) is 8.00. The van der Waals surface area contributed by atoms with Crippen molar-refractivity contribution in [3.8, 4) is 5.75 Å². The van der Waals surface area contributed by atoms with Gasteiger partial charge in [0.25, 0.3) is 0 Å². The standard InChI is InChI=1S/C15H37N5.C11H13NO.CH2O/c1-17-9-6-13-18-10-3-2-4-11-19-14-7-15-20-12-5-8-16;1-2-8-6-9-10(12-7-8)4-3-5-11(9)13;1-2/h17-20H,2-16H2,1H3;3-6,12-13H,2,7H2,1H3;1H2. The number of aromatic hydroxyl groups is 1. The Balaban J connectivity index is 0.000000657. The van der Waals surface area contributed by atoms with Crippen molar-refractivity contribution in [3.05, 3.63) is 29.3 Å². The van der Waals surface area contributed by atoms with E-state index in [1.54, 1.807) is 6.07 Å². The third-order valence-electron chi connectivity index (χ3n) is 5.64. The lowest BCUT2D eigenvalue weighted by Gasteiger charge is -2.18. The number of fused-ring (bicyclic) bond motifs is 1. The fourth-order valence-corrected chi connectivity index (χ4v) is 3.56. The molecule has 0 atom stereocenters. The van der Waals surface area contributed by atoms with E-state index >= 15 is 0 Å². The van der Waals surface area contributed by atoms with Crippen LogP contribution < -0.4 is 32.3 Å². The summed E-state index contributed by atoms with van der Waals surface area (Å²) >= 11 is 0. The van der Waals surface area contributed by atoms with Crippen molar-refractivity contribution in [2.24, 2.45) is 5.73 Å². The molecule has 1 aliphatic rings. The van der Waals surface area contributed by atoms with Gasteiger partial charge in [0.15, 0.2) is 0 Å². The number of phenolic OH excluding ortho intramolecular Hbond substituents is 1. The van der Waals surface area contributed by atoms with Crippen molar-refractivity contribution in [3.63, 3.8) is 0 Å². The highest BCUT2D eigenvalue weighted by atomic mass is 16.3. The van der Waals surface area contributed by atoms with Gasteiger partial charge in [0.05, 0.1) is 0 Å². The Morgan fingerprint density at radius 3 is 2.03 bits per heavy atom. The molecule has 8 nitrogen and oxygen atoms in total. The first-order chi connectivity index (χ1) is 17.2. The summed E-state index contributed by atoms with van der Waals surface area (Å²) in [5.74, 6) is 0.357. The van der Waals surface area contributed by atoms with Gasteiger partial charge in [-0.25, -0.2) is 0 Å². The van der Waals surface area contributed by atoms with E-state index in [1.165, 1.54) is 37.7 Å². The molecular weight excluding hydrogens is 440 g/mol. The van der Waals surface area contributed by atoms with E-state index in [2.05, 4.69) is 39.6 Å². The molecule has 0 spiro atoms. The number of rotatable bonds is 18. The predicted molar refractivity (Wildman–Crippen MR) is 151 cm³/mol. The van der Waals surface area contributed by atoms with Crippen molar-refractivity contribution in [1.29, 1.82) is 0 Å². The SMILES string of the molecule is C=O.CCC1=Cc2c(O)cccc2NC1.CNCCCNCCCCCNCCCNCCCN. The van der Waals surface area contributed by atoms with Crippen molar-refractivity contribution >= 4 is 18.6 Å². The first kappa shape index (κ1) is 33.0. The Bertz CT molecular complexity index is 624. The zero-order chi connectivity index (χ0) is 26.0. The van der Waals surface area contributed by atoms with Crippen molar-refractivity contribution in [1.82, 2.24) is 21.3 Å². The maximum Gasteiger partial charge on any atom is 0.124 e. The minimum atomic E-state index is 0.357. The third kappa shape index (κ3) is 18.0. The number of hydrogen-bond acceptors (Lipinski definition) is 8. The number of benzene rings is 1. The molecule has 0 bridgehead atoms. The first-order valence-corrected chi connectivity index (χ1v) is 13.2. The molecule has 0 fully saturated rings. The van der Waals surface area contributed by atoms with Crippen LogP contribution in [0.4, 0.5) is 5.69 Å². The Morgan fingerprint density at radius 2 is 1.46 bits per heavy atom. The molecule has 202 valence electrons. The van der Waals surface area contributed by atoms with Gasteiger partial charge in [0, 0.05) is 17.8 Å². The number of anilines is 1. The topological polar surface area (TPSA) is 123 Å². The molecule has 0 saturated heterocycles. The maximum atomic E-state index is 9.59. The van der Waals surface area contributed by atoms with E-state index in [1.807, 2.05) is 26.0 Å². The summed E-state index contributed by atoms with van der Waals surface area (Å²) in [6.07, 6.45) is 10.5. The summed E-state index contributed by atoms with van der Waals surface area (Å²) in [6.45, 7) is 13.6. The molecule has 0 aromatic heterocycles. The molecule has 1 heterocycles. The van der Waals surface area contributed by atoms with Crippen LogP contribution in [-0.2, 0) is 4.79 Å². The van der Waals surface area contributed by atoms with Crippen LogP contribution in [0.5, 0.6) is 5.75 Å². The molecule has 1 aromatic rings. The van der Waals surface area contributed by atoms with Crippen molar-refractivity contribution < 1.29 is 9.90 Å². The van der Waals surface area contributed by atoms with Crippen LogP contribution in [0, 0.1) is 0 Å². The van der Waals surface area contributed by atoms with Gasteiger partial charge in [0.1, 0.15) is 12.5 Å². The molecule has 1 aliphatic heterocycles. The molecule has 0 amide bonds. The van der Waals surface area contributed by atoms with E-state index in [9.17, 15) is 5.11 Å². The fourth-order valence-electron chi connectivity index (χ4n) is 3.56. The smallest absolute Gasteiger partial charge is 0.124 e. The molecule has 35 heavy (non-hydrogen) atoms. The van der Waals surface area contributed by atoms with Gasteiger partial charge < -0.3 is 42.2 Å². The van der Waals surface area contributed by atoms with Gasteiger partial charge in [0.2, 0.25) is 0 Å². The van der Waals surface area contributed by atoms with Crippen LogP contribution in [0.15, 0.2) is 23.8 Å². The molecule has 0 radical (unpaired) electrons. The predicted octanol–water partition coefficient (Wildman–Crippen LogP) is 2.70. The average molecular weight is 493 g/mol. The van der Waals surface area contributed by atoms with Crippen molar-refractivity contribution in [2.75, 3.05) is 71.3 Å². The maximum absolute atomic E-state index is 9.59. The zero-order valence-electron chi connectivity index (χ0n) is 22.3. The van der Waals surface area contributed by atoms with Crippen molar-refractivity contribution in [2.45, 2.75) is 51.9 Å². The van der Waals surface area contributed by atoms with Crippen LogP contribution in [0.1, 0.15) is 57.4 Å². The summed E-state index contributed by atoms with van der Waals surface area (Å²) in [6, 6.07) is 5.56. The van der Waals surface area contributed by atoms with E-state index in [0.717, 1.165) is 83.0 Å². The third-order valence-corrected chi connectivity index (χ3v) is 5.64. The summed E-state index contributed by atoms with van der Waals surface area (Å²) in [5, 5.41) is 26.4. The zero-order valence-corrected chi connectivity index (χ0v) is 22.3. The monoisotopic (exact) mass is 492 g/mol. The van der Waals surface area contributed by atoms with Crippen LogP contribution in [-0.4, -0.2) is 77.8 Å². The number of phenols is 1. The van der Waals surface area contributed by atoms with Gasteiger partial charge >= 0.3 is 0 Å². The number of unbranched alkanes of at least 4 members (excludes halogenated alkanes) is 2. The summed E-state index contributed by atoms with van der Waals surface area (Å²) < 4.78 is 0. The lowest BCUT2D eigenvalue weighted by Crippen LogP contribution is -2.24. The average Bonchev–Trinajstić information content (AvgIpc) is 2.90. The second kappa shape index (κ2) is 25.1. The van der Waals surface area contributed by atoms with Gasteiger partial charge in [-0.15, -0.1) is 0 Å². The van der Waals surface area contributed by atoms with E-state index < -0.39 is 0 Å². The molecule has 0 saturated carbocycles. The minimum absolute atomic E-state index is 0.357. The minimum Gasteiger partial charge on any atom is -0.507 e. The molecule has 2 rings (SSSR count). The number of nitrogens with two attached hydrogens (primary N) is 1.